The van der Waals surface area contributed by atoms with Crippen LogP contribution in [-0.4, -0.2) is 66.5 Å². The van der Waals surface area contributed by atoms with E-state index in [1.165, 1.54) is 12.5 Å². The molecule has 2 aliphatic rings. The summed E-state index contributed by atoms with van der Waals surface area (Å²) in [7, 11) is 0. The van der Waals surface area contributed by atoms with E-state index in [0.717, 1.165) is 12.1 Å². The van der Waals surface area contributed by atoms with E-state index in [4.69, 9.17) is 4.74 Å². The fraction of sp³-hybridized carbons (Fsp3) is 0.550. The first-order valence-electron chi connectivity index (χ1n) is 9.58. The van der Waals surface area contributed by atoms with Crippen LogP contribution in [0.4, 0.5) is 10.5 Å². The van der Waals surface area contributed by atoms with Crippen LogP contribution < -0.4 is 4.90 Å². The number of rotatable bonds is 4. The van der Waals surface area contributed by atoms with Gasteiger partial charge in [-0.25, -0.2) is 4.79 Å². The van der Waals surface area contributed by atoms with Crippen molar-refractivity contribution in [2.24, 2.45) is 0 Å². The van der Waals surface area contributed by atoms with Gasteiger partial charge in [-0.15, -0.1) is 0 Å². The third-order valence-corrected chi connectivity index (χ3v) is 5.33. The number of piperidine rings is 1. The second kappa shape index (κ2) is 8.41. The van der Waals surface area contributed by atoms with Crippen molar-refractivity contribution in [3.05, 3.63) is 29.8 Å². The Kier molecular flexibility index (Phi) is 5.98. The van der Waals surface area contributed by atoms with Crippen molar-refractivity contribution in [2.45, 2.75) is 39.2 Å². The minimum absolute atomic E-state index is 0.0324. The van der Waals surface area contributed by atoms with Gasteiger partial charge in [-0.05, 0) is 37.8 Å². The molecular weight excluding hydrogens is 346 g/mol. The number of anilines is 1. The maximum Gasteiger partial charge on any atom is 0.409 e. The van der Waals surface area contributed by atoms with E-state index in [-0.39, 0.29) is 30.5 Å². The molecule has 0 spiro atoms. The number of nitrogens with zero attached hydrogens (tertiary/aromatic N) is 3. The molecule has 0 unspecified atom stereocenters. The Morgan fingerprint density at radius 2 is 1.85 bits per heavy atom. The van der Waals surface area contributed by atoms with Gasteiger partial charge in [-0.1, -0.05) is 18.2 Å². The highest BCUT2D eigenvalue weighted by Gasteiger charge is 2.32. The average Bonchev–Trinajstić information content (AvgIpc) is 3.10. The molecule has 0 aromatic heterocycles. The largest absolute Gasteiger partial charge is 0.450 e. The Balaban J connectivity index is 1.61. The van der Waals surface area contributed by atoms with Crippen molar-refractivity contribution >= 4 is 23.6 Å². The fourth-order valence-corrected chi connectivity index (χ4v) is 3.90. The second-order valence-electron chi connectivity index (χ2n) is 6.99. The first kappa shape index (κ1) is 19.2. The van der Waals surface area contributed by atoms with Gasteiger partial charge in [0.15, 0.2) is 0 Å². The second-order valence-corrected chi connectivity index (χ2v) is 6.99. The molecule has 27 heavy (non-hydrogen) atoms. The zero-order valence-electron chi connectivity index (χ0n) is 16.0. The third-order valence-electron chi connectivity index (χ3n) is 5.33. The van der Waals surface area contributed by atoms with E-state index in [0.29, 0.717) is 39.1 Å². The number of hydrogen-bond donors (Lipinski definition) is 0. The molecule has 1 aromatic carbocycles. The van der Waals surface area contributed by atoms with Crippen LogP contribution >= 0.6 is 0 Å². The van der Waals surface area contributed by atoms with E-state index in [1.807, 2.05) is 24.3 Å². The monoisotopic (exact) mass is 373 g/mol. The van der Waals surface area contributed by atoms with Crippen molar-refractivity contribution in [2.75, 3.05) is 37.7 Å². The van der Waals surface area contributed by atoms with Crippen LogP contribution in [0.1, 0.15) is 32.3 Å². The van der Waals surface area contributed by atoms with Crippen LogP contribution in [0, 0.1) is 0 Å². The lowest BCUT2D eigenvalue weighted by Crippen LogP contribution is -2.51. The molecule has 146 valence electrons. The Morgan fingerprint density at radius 1 is 1.15 bits per heavy atom. The Hall–Kier alpha value is -2.57. The summed E-state index contributed by atoms with van der Waals surface area (Å²) in [6.07, 6.45) is 1.85. The van der Waals surface area contributed by atoms with Crippen LogP contribution in [0.15, 0.2) is 24.3 Å². The highest BCUT2D eigenvalue weighted by molar-refractivity contribution is 5.98. The van der Waals surface area contributed by atoms with E-state index in [1.54, 1.807) is 21.6 Å². The highest BCUT2D eigenvalue weighted by Crippen LogP contribution is 2.28. The lowest BCUT2D eigenvalue weighted by atomic mass is 10.0. The Morgan fingerprint density at radius 3 is 2.52 bits per heavy atom. The molecule has 0 saturated carbocycles. The van der Waals surface area contributed by atoms with Gasteiger partial charge in [0, 0.05) is 38.3 Å². The molecule has 0 radical (unpaired) electrons. The molecule has 0 N–H and O–H groups in total. The standard InChI is InChI=1S/C20H27N3O4/c1-3-27-20(26)21-11-9-17(10-12-21)23(15(2)24)14-19(25)22-13-8-16-6-4-5-7-18(16)22/h4-7,17H,3,8-14H2,1-2H3. The summed E-state index contributed by atoms with van der Waals surface area (Å²) in [5.41, 5.74) is 2.12. The summed E-state index contributed by atoms with van der Waals surface area (Å²) >= 11 is 0. The minimum atomic E-state index is -0.310. The molecule has 0 bridgehead atoms. The summed E-state index contributed by atoms with van der Waals surface area (Å²) in [6, 6.07) is 7.87. The Bertz CT molecular complexity index is 713. The number of benzene rings is 1. The lowest BCUT2D eigenvalue weighted by Gasteiger charge is -2.38. The maximum absolute atomic E-state index is 12.9. The zero-order chi connectivity index (χ0) is 19.4. The molecule has 0 aliphatic carbocycles. The van der Waals surface area contributed by atoms with Gasteiger partial charge in [-0.3, -0.25) is 9.59 Å². The van der Waals surface area contributed by atoms with Crippen LogP contribution in [0.25, 0.3) is 0 Å². The molecule has 1 saturated heterocycles. The number of carbonyl (C=O) groups is 3. The first-order valence-corrected chi connectivity index (χ1v) is 9.58. The van der Waals surface area contributed by atoms with Gasteiger partial charge in [0.25, 0.3) is 0 Å². The fourth-order valence-electron chi connectivity index (χ4n) is 3.90. The first-order chi connectivity index (χ1) is 13.0. The number of hydrogen-bond acceptors (Lipinski definition) is 4. The molecule has 7 heteroatoms. The van der Waals surface area contributed by atoms with Crippen LogP contribution in [0.3, 0.4) is 0 Å². The van der Waals surface area contributed by atoms with E-state index >= 15 is 0 Å². The van der Waals surface area contributed by atoms with Crippen molar-refractivity contribution in [1.29, 1.82) is 0 Å². The summed E-state index contributed by atoms with van der Waals surface area (Å²) in [6.45, 7) is 5.44. The van der Waals surface area contributed by atoms with Crippen LogP contribution in [-0.2, 0) is 20.7 Å². The molecule has 3 amide bonds. The topological polar surface area (TPSA) is 70.2 Å². The maximum atomic E-state index is 12.9. The normalized spacial score (nSPS) is 16.8. The molecule has 0 atom stereocenters. The van der Waals surface area contributed by atoms with Gasteiger partial charge in [0.1, 0.15) is 6.54 Å². The number of fused-ring (bicyclic) bond motifs is 1. The predicted molar refractivity (Wildman–Crippen MR) is 102 cm³/mol. The summed E-state index contributed by atoms with van der Waals surface area (Å²) in [4.78, 5) is 42.0. The molecule has 2 aliphatic heterocycles. The van der Waals surface area contributed by atoms with Gasteiger partial charge >= 0.3 is 6.09 Å². The quantitative estimate of drug-likeness (QED) is 0.810. The van der Waals surface area contributed by atoms with Gasteiger partial charge in [0.2, 0.25) is 11.8 Å². The molecule has 3 rings (SSSR count). The van der Waals surface area contributed by atoms with E-state index in [9.17, 15) is 14.4 Å². The van der Waals surface area contributed by atoms with Crippen LogP contribution in [0.2, 0.25) is 0 Å². The van der Waals surface area contributed by atoms with Gasteiger partial charge < -0.3 is 19.4 Å². The van der Waals surface area contributed by atoms with Gasteiger partial charge in [0.05, 0.1) is 6.61 Å². The molecule has 1 fully saturated rings. The summed E-state index contributed by atoms with van der Waals surface area (Å²) in [5, 5.41) is 0. The van der Waals surface area contributed by atoms with Crippen molar-refractivity contribution in [1.82, 2.24) is 9.80 Å². The third kappa shape index (κ3) is 4.23. The summed E-state index contributed by atoms with van der Waals surface area (Å²) < 4.78 is 5.04. The lowest BCUT2D eigenvalue weighted by molar-refractivity contribution is -0.136. The van der Waals surface area contributed by atoms with Crippen molar-refractivity contribution in [3.63, 3.8) is 0 Å². The number of para-hydroxylation sites is 1. The SMILES string of the molecule is CCOC(=O)N1CCC(N(CC(=O)N2CCc3ccccc32)C(C)=O)CC1. The predicted octanol–water partition coefficient (Wildman–Crippen LogP) is 2.05. The zero-order valence-corrected chi connectivity index (χ0v) is 16.0. The number of ether oxygens (including phenoxy) is 1. The van der Waals surface area contributed by atoms with Crippen molar-refractivity contribution < 1.29 is 19.1 Å². The minimum Gasteiger partial charge on any atom is -0.450 e. The van der Waals surface area contributed by atoms with Gasteiger partial charge in [-0.2, -0.15) is 0 Å². The number of carbonyl (C=O) groups excluding carboxylic acids is 3. The number of amides is 3. The Labute approximate surface area is 159 Å². The highest BCUT2D eigenvalue weighted by atomic mass is 16.6. The average molecular weight is 373 g/mol. The summed E-state index contributed by atoms with van der Waals surface area (Å²) in [5.74, 6) is -0.159. The molecule has 2 heterocycles. The molecule has 1 aromatic rings. The molecule has 7 nitrogen and oxygen atoms in total. The van der Waals surface area contributed by atoms with E-state index in [2.05, 4.69) is 0 Å². The van der Waals surface area contributed by atoms with E-state index < -0.39 is 0 Å². The smallest absolute Gasteiger partial charge is 0.409 e. The van der Waals surface area contributed by atoms with Crippen molar-refractivity contribution in [3.8, 4) is 0 Å². The molecular formula is C20H27N3O4. The number of likely N-dealkylation sites (tertiary alicyclic amines) is 1. The van der Waals surface area contributed by atoms with Crippen LogP contribution in [0.5, 0.6) is 0 Å².